The molecule has 0 bridgehead atoms. The van der Waals surface area contributed by atoms with Gasteiger partial charge in [0.2, 0.25) is 0 Å². The lowest BCUT2D eigenvalue weighted by Crippen LogP contribution is -2.08. The first-order chi connectivity index (χ1) is 10.1. The van der Waals surface area contributed by atoms with E-state index in [2.05, 4.69) is 0 Å². The Morgan fingerprint density at radius 1 is 1.00 bits per heavy atom. The molecule has 104 valence electrons. The molecule has 0 fully saturated rings. The van der Waals surface area contributed by atoms with Gasteiger partial charge >= 0.3 is 0 Å². The molecule has 3 aromatic rings. The third-order valence-corrected chi connectivity index (χ3v) is 3.55. The highest BCUT2D eigenvalue weighted by Gasteiger charge is 2.13. The van der Waals surface area contributed by atoms with Crippen LogP contribution in [0.1, 0.15) is 15.9 Å². The third kappa shape index (κ3) is 2.63. The first kappa shape index (κ1) is 13.3. The second-order valence-electron chi connectivity index (χ2n) is 4.97. The number of nitrogen functional groups attached to an aromatic ring is 1. The summed E-state index contributed by atoms with van der Waals surface area (Å²) in [4.78, 5) is 12.4. The van der Waals surface area contributed by atoms with Crippen LogP contribution in [0.15, 0.2) is 60.7 Å². The van der Waals surface area contributed by atoms with Crippen LogP contribution in [0.3, 0.4) is 0 Å². The molecule has 2 nitrogen and oxygen atoms in total. The number of ketones is 1. The summed E-state index contributed by atoms with van der Waals surface area (Å²) in [6, 6.07) is 17.6. The average Bonchev–Trinajstić information content (AvgIpc) is 2.50. The number of fused-ring (bicyclic) bond motifs is 1. The van der Waals surface area contributed by atoms with Crippen LogP contribution < -0.4 is 5.73 Å². The fourth-order valence-electron chi connectivity index (χ4n) is 2.48. The molecule has 3 aromatic carbocycles. The lowest BCUT2D eigenvalue weighted by molar-refractivity contribution is 0.0993. The van der Waals surface area contributed by atoms with Crippen LogP contribution in [0.4, 0.5) is 10.1 Å². The van der Waals surface area contributed by atoms with Gasteiger partial charge in [0, 0.05) is 17.7 Å². The van der Waals surface area contributed by atoms with Gasteiger partial charge in [-0.1, -0.05) is 42.5 Å². The van der Waals surface area contributed by atoms with Crippen molar-refractivity contribution in [2.45, 2.75) is 6.42 Å². The minimum atomic E-state index is -0.453. The van der Waals surface area contributed by atoms with Crippen molar-refractivity contribution in [1.82, 2.24) is 0 Å². The minimum Gasteiger partial charge on any atom is -0.398 e. The number of carbonyl (C=O) groups is 1. The molecule has 0 aliphatic heterocycles. The minimum absolute atomic E-state index is 0.177. The molecule has 0 saturated carbocycles. The molecule has 0 aliphatic rings. The summed E-state index contributed by atoms with van der Waals surface area (Å²) < 4.78 is 13.3. The Bertz CT molecular complexity index is 821. The molecule has 0 heterocycles. The topological polar surface area (TPSA) is 43.1 Å². The van der Waals surface area contributed by atoms with E-state index < -0.39 is 5.82 Å². The SMILES string of the molecule is Nc1ccc(F)cc1C(=O)Cc1cccc2ccccc12. The van der Waals surface area contributed by atoms with Gasteiger partial charge in [-0.2, -0.15) is 0 Å². The van der Waals surface area contributed by atoms with Gasteiger partial charge in [0.15, 0.2) is 5.78 Å². The van der Waals surface area contributed by atoms with E-state index in [4.69, 9.17) is 5.73 Å². The number of carbonyl (C=O) groups excluding carboxylic acids is 1. The number of rotatable bonds is 3. The number of benzene rings is 3. The van der Waals surface area contributed by atoms with Crippen molar-refractivity contribution >= 4 is 22.2 Å². The quantitative estimate of drug-likeness (QED) is 0.582. The van der Waals surface area contributed by atoms with Crippen LogP contribution in [0, 0.1) is 5.82 Å². The van der Waals surface area contributed by atoms with Crippen molar-refractivity contribution in [3.63, 3.8) is 0 Å². The lowest BCUT2D eigenvalue weighted by Gasteiger charge is -2.08. The van der Waals surface area contributed by atoms with Gasteiger partial charge in [0.1, 0.15) is 5.82 Å². The molecular weight excluding hydrogens is 265 g/mol. The Kier molecular flexibility index (Phi) is 3.40. The maximum absolute atomic E-state index is 13.3. The zero-order valence-corrected chi connectivity index (χ0v) is 11.3. The smallest absolute Gasteiger partial charge is 0.169 e. The Balaban J connectivity index is 1.99. The molecule has 0 unspecified atom stereocenters. The van der Waals surface area contributed by atoms with Gasteiger partial charge in [-0.25, -0.2) is 4.39 Å². The van der Waals surface area contributed by atoms with Crippen LogP contribution in [-0.2, 0) is 6.42 Å². The summed E-state index contributed by atoms with van der Waals surface area (Å²) in [5.74, 6) is -0.631. The molecule has 0 spiro atoms. The molecule has 0 radical (unpaired) electrons. The largest absolute Gasteiger partial charge is 0.398 e. The second kappa shape index (κ2) is 5.37. The molecule has 2 N–H and O–H groups in total. The highest BCUT2D eigenvalue weighted by molar-refractivity contribution is 6.03. The predicted octanol–water partition coefficient (Wildman–Crippen LogP) is 3.99. The van der Waals surface area contributed by atoms with Crippen LogP contribution in [-0.4, -0.2) is 5.78 Å². The Morgan fingerprint density at radius 3 is 2.62 bits per heavy atom. The van der Waals surface area contributed by atoms with E-state index in [1.54, 1.807) is 0 Å². The number of nitrogens with two attached hydrogens (primary N) is 1. The van der Waals surface area contributed by atoms with Crippen molar-refractivity contribution in [3.05, 3.63) is 77.6 Å². The van der Waals surface area contributed by atoms with Gasteiger partial charge in [-0.15, -0.1) is 0 Å². The standard InChI is InChI=1S/C18H14FNO/c19-14-8-9-17(20)16(11-14)18(21)10-13-6-3-5-12-4-1-2-7-15(12)13/h1-9,11H,10,20H2. The maximum atomic E-state index is 13.3. The summed E-state index contributed by atoms with van der Waals surface area (Å²) in [5.41, 5.74) is 7.23. The molecule has 3 heteroatoms. The zero-order valence-electron chi connectivity index (χ0n) is 11.3. The fraction of sp³-hybridized carbons (Fsp3) is 0.0556. The molecular formula is C18H14FNO. The number of halogens is 1. The molecule has 21 heavy (non-hydrogen) atoms. The number of hydrogen-bond donors (Lipinski definition) is 1. The number of Topliss-reactive ketones (excluding diaryl/α,β-unsaturated/α-hetero) is 1. The van der Waals surface area contributed by atoms with Gasteiger partial charge < -0.3 is 5.73 Å². The van der Waals surface area contributed by atoms with Gasteiger partial charge in [-0.05, 0) is 34.5 Å². The molecule has 0 aliphatic carbocycles. The van der Waals surface area contributed by atoms with Crippen LogP contribution in [0.25, 0.3) is 10.8 Å². The van der Waals surface area contributed by atoms with Crippen molar-refractivity contribution < 1.29 is 9.18 Å². The number of hydrogen-bond acceptors (Lipinski definition) is 2. The Morgan fingerprint density at radius 2 is 1.76 bits per heavy atom. The van der Waals surface area contributed by atoms with Crippen LogP contribution >= 0.6 is 0 Å². The van der Waals surface area contributed by atoms with E-state index in [9.17, 15) is 9.18 Å². The summed E-state index contributed by atoms with van der Waals surface area (Å²) in [5, 5.41) is 2.11. The van der Waals surface area contributed by atoms with E-state index in [-0.39, 0.29) is 17.8 Å². The van der Waals surface area contributed by atoms with Crippen LogP contribution in [0.5, 0.6) is 0 Å². The number of anilines is 1. The van der Waals surface area contributed by atoms with Gasteiger partial charge in [0.25, 0.3) is 0 Å². The van der Waals surface area contributed by atoms with Crippen molar-refractivity contribution in [2.75, 3.05) is 5.73 Å². The molecule has 0 saturated heterocycles. The highest BCUT2D eigenvalue weighted by Crippen LogP contribution is 2.22. The molecule has 0 aromatic heterocycles. The van der Waals surface area contributed by atoms with Gasteiger partial charge in [0.05, 0.1) is 0 Å². The summed E-state index contributed by atoms with van der Waals surface area (Å²) in [7, 11) is 0. The monoisotopic (exact) mass is 279 g/mol. The van der Waals surface area contributed by atoms with Crippen molar-refractivity contribution in [1.29, 1.82) is 0 Å². The van der Waals surface area contributed by atoms with Crippen molar-refractivity contribution in [3.8, 4) is 0 Å². The van der Waals surface area contributed by atoms with Crippen molar-refractivity contribution in [2.24, 2.45) is 0 Å². The van der Waals surface area contributed by atoms with E-state index in [1.807, 2.05) is 42.5 Å². The first-order valence-corrected chi connectivity index (χ1v) is 6.70. The summed E-state index contributed by atoms with van der Waals surface area (Å²) >= 11 is 0. The summed E-state index contributed by atoms with van der Waals surface area (Å²) in [6.07, 6.45) is 0.203. The Hall–Kier alpha value is -2.68. The first-order valence-electron chi connectivity index (χ1n) is 6.70. The summed E-state index contributed by atoms with van der Waals surface area (Å²) in [6.45, 7) is 0. The van der Waals surface area contributed by atoms with E-state index in [0.717, 1.165) is 16.3 Å². The third-order valence-electron chi connectivity index (χ3n) is 3.55. The zero-order chi connectivity index (χ0) is 14.8. The second-order valence-corrected chi connectivity index (χ2v) is 4.97. The molecule has 0 atom stereocenters. The lowest BCUT2D eigenvalue weighted by atomic mass is 9.97. The highest BCUT2D eigenvalue weighted by atomic mass is 19.1. The Labute approximate surface area is 122 Å². The van der Waals surface area contributed by atoms with E-state index in [0.29, 0.717) is 5.69 Å². The fourth-order valence-corrected chi connectivity index (χ4v) is 2.48. The van der Waals surface area contributed by atoms with E-state index in [1.165, 1.54) is 18.2 Å². The van der Waals surface area contributed by atoms with E-state index >= 15 is 0 Å². The average molecular weight is 279 g/mol. The molecule has 3 rings (SSSR count). The maximum Gasteiger partial charge on any atom is 0.169 e. The van der Waals surface area contributed by atoms with Crippen LogP contribution in [0.2, 0.25) is 0 Å². The molecule has 0 amide bonds. The predicted molar refractivity (Wildman–Crippen MR) is 82.8 cm³/mol. The normalized spacial score (nSPS) is 10.7. The van der Waals surface area contributed by atoms with Gasteiger partial charge in [-0.3, -0.25) is 4.79 Å².